The highest BCUT2D eigenvalue weighted by Gasteiger charge is 2.27. The SMILES string of the molecule is Cc1cc(NC(=O)c2cccc(F)c2)sc1C(=O)N1CCN(CC(=O)N2CCCCC2)CC1. The Bertz CT molecular complexity index is 1030. The highest BCUT2D eigenvalue weighted by molar-refractivity contribution is 7.18. The Morgan fingerprint density at radius 1 is 0.970 bits per heavy atom. The van der Waals surface area contributed by atoms with Gasteiger partial charge in [-0.2, -0.15) is 0 Å². The molecule has 7 nitrogen and oxygen atoms in total. The van der Waals surface area contributed by atoms with Gasteiger partial charge in [0.2, 0.25) is 5.91 Å². The molecule has 2 fully saturated rings. The number of carbonyl (C=O) groups is 3. The Morgan fingerprint density at radius 2 is 1.70 bits per heavy atom. The molecule has 1 N–H and O–H groups in total. The number of benzene rings is 1. The van der Waals surface area contributed by atoms with Gasteiger partial charge >= 0.3 is 0 Å². The number of rotatable bonds is 5. The molecule has 3 amide bonds. The highest BCUT2D eigenvalue weighted by Crippen LogP contribution is 2.28. The molecular weight excluding hydrogens is 443 g/mol. The van der Waals surface area contributed by atoms with Crippen molar-refractivity contribution in [3.8, 4) is 0 Å². The topological polar surface area (TPSA) is 73.0 Å². The van der Waals surface area contributed by atoms with Crippen molar-refractivity contribution in [2.45, 2.75) is 26.2 Å². The Balaban J connectivity index is 1.31. The van der Waals surface area contributed by atoms with Gasteiger partial charge in [-0.1, -0.05) is 6.07 Å². The molecule has 2 aromatic rings. The van der Waals surface area contributed by atoms with Crippen molar-refractivity contribution < 1.29 is 18.8 Å². The fourth-order valence-electron chi connectivity index (χ4n) is 4.26. The van der Waals surface area contributed by atoms with Crippen LogP contribution in [-0.4, -0.2) is 78.2 Å². The summed E-state index contributed by atoms with van der Waals surface area (Å²) in [6.45, 7) is 6.42. The Labute approximate surface area is 197 Å². The maximum absolute atomic E-state index is 13.4. The second-order valence-corrected chi connectivity index (χ2v) is 9.65. The molecular formula is C24H29FN4O3S. The van der Waals surface area contributed by atoms with E-state index < -0.39 is 11.7 Å². The number of nitrogens with one attached hydrogen (secondary N) is 1. The molecule has 2 aliphatic heterocycles. The van der Waals surface area contributed by atoms with E-state index in [-0.39, 0.29) is 17.4 Å². The van der Waals surface area contributed by atoms with Gasteiger partial charge in [-0.25, -0.2) is 4.39 Å². The summed E-state index contributed by atoms with van der Waals surface area (Å²) < 4.78 is 13.4. The molecule has 2 saturated heterocycles. The average molecular weight is 473 g/mol. The van der Waals surface area contributed by atoms with Gasteiger partial charge in [0.25, 0.3) is 11.8 Å². The molecule has 33 heavy (non-hydrogen) atoms. The summed E-state index contributed by atoms with van der Waals surface area (Å²) in [5.74, 6) is -0.771. The summed E-state index contributed by atoms with van der Waals surface area (Å²) in [6, 6.07) is 7.26. The molecule has 0 radical (unpaired) electrons. The van der Waals surface area contributed by atoms with Crippen LogP contribution in [0.3, 0.4) is 0 Å². The number of halogens is 1. The van der Waals surface area contributed by atoms with E-state index in [4.69, 9.17) is 0 Å². The minimum atomic E-state index is -0.474. The van der Waals surface area contributed by atoms with Crippen molar-refractivity contribution in [1.29, 1.82) is 0 Å². The summed E-state index contributed by atoms with van der Waals surface area (Å²) in [7, 11) is 0. The minimum Gasteiger partial charge on any atom is -0.342 e. The molecule has 2 aliphatic rings. The van der Waals surface area contributed by atoms with Gasteiger partial charge in [0, 0.05) is 44.8 Å². The monoisotopic (exact) mass is 472 g/mol. The molecule has 9 heteroatoms. The van der Waals surface area contributed by atoms with Crippen molar-refractivity contribution >= 4 is 34.1 Å². The van der Waals surface area contributed by atoms with Crippen LogP contribution in [0, 0.1) is 12.7 Å². The maximum atomic E-state index is 13.4. The number of hydrogen-bond acceptors (Lipinski definition) is 5. The van der Waals surface area contributed by atoms with E-state index >= 15 is 0 Å². The molecule has 0 unspecified atom stereocenters. The minimum absolute atomic E-state index is 0.0641. The Kier molecular flexibility index (Phi) is 7.39. The Hall–Kier alpha value is -2.78. The zero-order chi connectivity index (χ0) is 23.4. The van der Waals surface area contributed by atoms with Crippen LogP contribution in [-0.2, 0) is 4.79 Å². The van der Waals surface area contributed by atoms with E-state index in [2.05, 4.69) is 10.2 Å². The molecule has 0 atom stereocenters. The predicted octanol–water partition coefficient (Wildman–Crippen LogP) is 3.22. The van der Waals surface area contributed by atoms with Crippen molar-refractivity contribution in [2.24, 2.45) is 0 Å². The summed E-state index contributed by atoms with van der Waals surface area (Å²) in [5.41, 5.74) is 1.02. The number of carbonyl (C=O) groups excluding carboxylic acids is 3. The van der Waals surface area contributed by atoms with Crippen molar-refractivity contribution in [3.05, 3.63) is 52.2 Å². The van der Waals surface area contributed by atoms with Crippen LogP contribution in [0.2, 0.25) is 0 Å². The lowest BCUT2D eigenvalue weighted by Crippen LogP contribution is -2.52. The van der Waals surface area contributed by atoms with Crippen molar-refractivity contribution in [3.63, 3.8) is 0 Å². The molecule has 1 aromatic carbocycles. The summed E-state index contributed by atoms with van der Waals surface area (Å²) in [5, 5.41) is 3.31. The maximum Gasteiger partial charge on any atom is 0.264 e. The zero-order valence-corrected chi connectivity index (χ0v) is 19.6. The van der Waals surface area contributed by atoms with Gasteiger partial charge in [-0.15, -0.1) is 11.3 Å². The number of thiophene rings is 1. The summed E-state index contributed by atoms with van der Waals surface area (Å²) in [6.07, 6.45) is 3.36. The number of likely N-dealkylation sites (tertiary alicyclic amines) is 1. The fraction of sp³-hybridized carbons (Fsp3) is 0.458. The predicted molar refractivity (Wildman–Crippen MR) is 126 cm³/mol. The molecule has 176 valence electrons. The number of aryl methyl sites for hydroxylation is 1. The first-order valence-corrected chi connectivity index (χ1v) is 12.2. The third kappa shape index (κ3) is 5.78. The normalized spacial score (nSPS) is 17.2. The van der Waals surface area contributed by atoms with Gasteiger partial charge in [0.15, 0.2) is 0 Å². The summed E-state index contributed by atoms with van der Waals surface area (Å²) in [4.78, 5) is 44.5. The van der Waals surface area contributed by atoms with Gasteiger partial charge in [-0.3, -0.25) is 19.3 Å². The van der Waals surface area contributed by atoms with Crippen LogP contribution in [0.5, 0.6) is 0 Å². The van der Waals surface area contributed by atoms with Crippen LogP contribution >= 0.6 is 11.3 Å². The average Bonchev–Trinajstić information content (AvgIpc) is 3.19. The first-order valence-electron chi connectivity index (χ1n) is 11.4. The third-order valence-corrected chi connectivity index (χ3v) is 7.30. The fourth-order valence-corrected chi connectivity index (χ4v) is 5.29. The standard InChI is InChI=1S/C24H29FN4O3S/c1-17-14-20(26-23(31)18-6-5-7-19(25)15-18)33-22(17)24(32)29-12-10-27(11-13-29)16-21(30)28-8-3-2-4-9-28/h5-7,14-15H,2-4,8-13,16H2,1H3,(H,26,31). The number of nitrogens with zero attached hydrogens (tertiary/aromatic N) is 3. The van der Waals surface area contributed by atoms with Crippen LogP contribution in [0.25, 0.3) is 0 Å². The number of hydrogen-bond donors (Lipinski definition) is 1. The van der Waals surface area contributed by atoms with E-state index in [0.717, 1.165) is 31.5 Å². The number of piperazine rings is 1. The van der Waals surface area contributed by atoms with Crippen LogP contribution in [0.4, 0.5) is 9.39 Å². The molecule has 4 rings (SSSR count). The van der Waals surface area contributed by atoms with Gasteiger partial charge < -0.3 is 15.1 Å². The summed E-state index contributed by atoms with van der Waals surface area (Å²) >= 11 is 1.23. The van der Waals surface area contributed by atoms with E-state index in [1.54, 1.807) is 17.0 Å². The van der Waals surface area contributed by atoms with Crippen molar-refractivity contribution in [1.82, 2.24) is 14.7 Å². The molecule has 0 bridgehead atoms. The molecule has 0 aliphatic carbocycles. The third-order valence-electron chi connectivity index (χ3n) is 6.16. The van der Waals surface area contributed by atoms with Crippen LogP contribution < -0.4 is 5.32 Å². The van der Waals surface area contributed by atoms with Crippen LogP contribution in [0.15, 0.2) is 30.3 Å². The van der Waals surface area contributed by atoms with E-state index in [1.165, 1.54) is 36.0 Å². The quantitative estimate of drug-likeness (QED) is 0.725. The second kappa shape index (κ2) is 10.4. The Morgan fingerprint density at radius 3 is 2.39 bits per heavy atom. The number of amides is 3. The lowest BCUT2D eigenvalue weighted by Gasteiger charge is -2.36. The first kappa shape index (κ1) is 23.4. The lowest BCUT2D eigenvalue weighted by molar-refractivity contribution is -0.133. The lowest BCUT2D eigenvalue weighted by atomic mass is 10.1. The molecule has 0 spiro atoms. The van der Waals surface area contributed by atoms with Gasteiger partial charge in [0.1, 0.15) is 5.82 Å². The highest BCUT2D eigenvalue weighted by atomic mass is 32.1. The zero-order valence-electron chi connectivity index (χ0n) is 18.8. The first-order chi connectivity index (χ1) is 15.9. The van der Waals surface area contributed by atoms with E-state index in [9.17, 15) is 18.8 Å². The largest absolute Gasteiger partial charge is 0.342 e. The van der Waals surface area contributed by atoms with Gasteiger partial charge in [-0.05, 0) is 56.0 Å². The van der Waals surface area contributed by atoms with E-state index in [0.29, 0.717) is 42.6 Å². The molecule has 3 heterocycles. The van der Waals surface area contributed by atoms with E-state index in [1.807, 2.05) is 11.8 Å². The molecule has 1 aromatic heterocycles. The smallest absolute Gasteiger partial charge is 0.264 e. The van der Waals surface area contributed by atoms with Crippen LogP contribution in [0.1, 0.15) is 44.9 Å². The molecule has 0 saturated carbocycles. The number of anilines is 1. The second-order valence-electron chi connectivity index (χ2n) is 8.60. The van der Waals surface area contributed by atoms with Gasteiger partial charge in [0.05, 0.1) is 16.4 Å². The van der Waals surface area contributed by atoms with Crippen molar-refractivity contribution in [2.75, 3.05) is 51.1 Å². The number of piperidine rings is 1.